The van der Waals surface area contributed by atoms with E-state index >= 15 is 0 Å². The number of benzene rings is 5. The molecule has 0 spiro atoms. The largest absolute Gasteiger partial charge is 0.457 e. The van der Waals surface area contributed by atoms with Gasteiger partial charge < -0.3 is 4.74 Å². The molecule has 5 heterocycles. The van der Waals surface area contributed by atoms with Gasteiger partial charge in [-0.25, -0.2) is 9.97 Å². The third-order valence-electron chi connectivity index (χ3n) is 9.72. The first-order valence-corrected chi connectivity index (χ1v) is 17.1. The van der Waals surface area contributed by atoms with Gasteiger partial charge in [0.2, 0.25) is 5.78 Å². The smallest absolute Gasteiger partial charge is 0.223 e. The predicted octanol–water partition coefficient (Wildman–Crippen LogP) is 10.2. The van der Waals surface area contributed by atoms with Crippen LogP contribution in [0, 0.1) is 0 Å². The van der Waals surface area contributed by atoms with Crippen molar-refractivity contribution in [3.05, 3.63) is 152 Å². The summed E-state index contributed by atoms with van der Waals surface area (Å²) in [6.45, 7) is 6.70. The summed E-state index contributed by atoms with van der Waals surface area (Å²) in [7, 11) is 0. The maximum Gasteiger partial charge on any atom is 0.223 e. The predicted molar refractivity (Wildman–Crippen MR) is 204 cm³/mol. The average molecular weight is 664 g/mol. The maximum absolute atomic E-state index is 6.66. The Morgan fingerprint density at radius 1 is 0.569 bits per heavy atom. The van der Waals surface area contributed by atoms with E-state index in [1.807, 2.05) is 48.9 Å². The van der Waals surface area contributed by atoms with E-state index in [0.29, 0.717) is 5.75 Å². The van der Waals surface area contributed by atoms with Crippen molar-refractivity contribution in [2.24, 2.45) is 0 Å². The van der Waals surface area contributed by atoms with Crippen LogP contribution in [0.15, 0.2) is 146 Å². The number of para-hydroxylation sites is 3. The van der Waals surface area contributed by atoms with Crippen LogP contribution in [0.3, 0.4) is 0 Å². The van der Waals surface area contributed by atoms with Gasteiger partial charge in [0.25, 0.3) is 0 Å². The highest BCUT2D eigenvalue weighted by molar-refractivity contribution is 6.09. The molecule has 0 saturated carbocycles. The Balaban J connectivity index is 1.15. The number of hydrogen-bond donors (Lipinski definition) is 0. The first-order chi connectivity index (χ1) is 24.9. The number of aromatic nitrogens is 7. The van der Waals surface area contributed by atoms with Crippen molar-refractivity contribution in [1.82, 2.24) is 33.1 Å². The molecule has 10 rings (SSSR count). The normalized spacial score (nSPS) is 12.2. The third kappa shape index (κ3) is 4.49. The average Bonchev–Trinajstić information content (AvgIpc) is 3.89. The lowest BCUT2D eigenvalue weighted by Crippen LogP contribution is -2.14. The number of rotatable bonds is 5. The van der Waals surface area contributed by atoms with Gasteiger partial charge in [0.05, 0.1) is 27.8 Å². The van der Waals surface area contributed by atoms with E-state index in [0.717, 1.165) is 67.5 Å². The van der Waals surface area contributed by atoms with Crippen molar-refractivity contribution in [3.63, 3.8) is 0 Å². The fraction of sp³-hybridized carbons (Fsp3) is 0.0930. The molecule has 10 aromatic rings. The van der Waals surface area contributed by atoms with Gasteiger partial charge in [0, 0.05) is 34.8 Å². The summed E-state index contributed by atoms with van der Waals surface area (Å²) in [6.07, 6.45) is 3.71. The highest BCUT2D eigenvalue weighted by atomic mass is 16.5. The summed E-state index contributed by atoms with van der Waals surface area (Å²) in [5, 5.41) is 2.31. The number of ether oxygens (including phenoxy) is 1. The fourth-order valence-corrected chi connectivity index (χ4v) is 7.46. The minimum Gasteiger partial charge on any atom is -0.457 e. The molecule has 0 amide bonds. The van der Waals surface area contributed by atoms with Gasteiger partial charge in [-0.15, -0.1) is 0 Å². The topological polar surface area (TPSA) is 67.1 Å². The van der Waals surface area contributed by atoms with Gasteiger partial charge in [-0.2, -0.15) is 4.98 Å². The Kier molecular flexibility index (Phi) is 6.26. The quantitative estimate of drug-likeness (QED) is 0.184. The molecular formula is C43H33N7O. The molecule has 0 unspecified atom stereocenters. The molecule has 51 heavy (non-hydrogen) atoms. The molecule has 0 fully saturated rings. The van der Waals surface area contributed by atoms with Gasteiger partial charge in [-0.3, -0.25) is 18.1 Å². The Bertz CT molecular complexity index is 2920. The number of nitrogens with zero attached hydrogens (tertiary/aromatic N) is 7. The van der Waals surface area contributed by atoms with E-state index in [1.54, 1.807) is 0 Å². The van der Waals surface area contributed by atoms with E-state index in [2.05, 4.69) is 141 Å². The summed E-state index contributed by atoms with van der Waals surface area (Å²) in [5.41, 5.74) is 8.94. The summed E-state index contributed by atoms with van der Waals surface area (Å²) in [6, 6.07) is 45.7. The lowest BCUT2D eigenvalue weighted by Gasteiger charge is -2.23. The van der Waals surface area contributed by atoms with Crippen molar-refractivity contribution in [2.75, 3.05) is 0 Å². The van der Waals surface area contributed by atoms with Crippen LogP contribution in [0.4, 0.5) is 0 Å². The second kappa shape index (κ2) is 10.9. The molecule has 0 atom stereocenters. The molecule has 0 radical (unpaired) electrons. The molecule has 0 aliphatic heterocycles. The maximum atomic E-state index is 6.66. The molecule has 0 bridgehead atoms. The molecule has 5 aromatic carbocycles. The SMILES string of the molecule is CC(C)(C)c1ccccc1-n1cnc2c1nc1n(-c3ccccc3)c3ccc(Oc4ccc5c6ccccc6n(-c6ccccn6)c5c4)cc3n21. The molecule has 0 saturated heterocycles. The monoisotopic (exact) mass is 663 g/mol. The molecule has 5 aromatic heterocycles. The van der Waals surface area contributed by atoms with Gasteiger partial charge in [0.15, 0.2) is 11.3 Å². The van der Waals surface area contributed by atoms with Gasteiger partial charge in [0.1, 0.15) is 23.6 Å². The second-order valence-corrected chi connectivity index (χ2v) is 13.9. The van der Waals surface area contributed by atoms with Crippen molar-refractivity contribution >= 4 is 49.9 Å². The Morgan fingerprint density at radius 3 is 2.12 bits per heavy atom. The lowest BCUT2D eigenvalue weighted by molar-refractivity contribution is 0.484. The second-order valence-electron chi connectivity index (χ2n) is 13.9. The molecule has 246 valence electrons. The highest BCUT2D eigenvalue weighted by Crippen LogP contribution is 2.37. The van der Waals surface area contributed by atoms with Crippen molar-refractivity contribution in [1.29, 1.82) is 0 Å². The van der Waals surface area contributed by atoms with Crippen molar-refractivity contribution < 1.29 is 4.74 Å². The zero-order chi connectivity index (χ0) is 34.3. The number of fused-ring (bicyclic) bond motifs is 8. The number of hydrogen-bond acceptors (Lipinski definition) is 4. The standard InChI is InChI=1S/C43H33N7O/c1-43(2,3)33-16-8-10-18-35(33)47-27-45-40-41(47)46-42-48(28-13-5-4-6-14-28)36-23-21-30(26-38(36)50(40)42)51-29-20-22-32-31-15-7-9-17-34(31)49(37(32)25-29)39-19-11-12-24-44-39/h4-27H,1-3H3. The van der Waals surface area contributed by atoms with E-state index in [-0.39, 0.29) is 5.41 Å². The van der Waals surface area contributed by atoms with Crippen molar-refractivity contribution in [3.8, 4) is 28.7 Å². The first-order valence-electron chi connectivity index (χ1n) is 17.1. The molecule has 8 nitrogen and oxygen atoms in total. The van der Waals surface area contributed by atoms with E-state index in [9.17, 15) is 0 Å². The summed E-state index contributed by atoms with van der Waals surface area (Å²) in [5.74, 6) is 3.10. The summed E-state index contributed by atoms with van der Waals surface area (Å²) in [4.78, 5) is 14.9. The number of imidazole rings is 3. The zero-order valence-corrected chi connectivity index (χ0v) is 28.4. The van der Waals surface area contributed by atoms with Crippen LogP contribution in [0.2, 0.25) is 0 Å². The molecular weight excluding hydrogens is 631 g/mol. The molecule has 0 aliphatic carbocycles. The van der Waals surface area contributed by atoms with Crippen LogP contribution >= 0.6 is 0 Å². The van der Waals surface area contributed by atoms with Crippen LogP contribution in [-0.2, 0) is 5.41 Å². The van der Waals surface area contributed by atoms with Gasteiger partial charge in [-0.05, 0) is 71.6 Å². The Morgan fingerprint density at radius 2 is 1.29 bits per heavy atom. The van der Waals surface area contributed by atoms with Gasteiger partial charge >= 0.3 is 0 Å². The first kappa shape index (κ1) is 29.3. The highest BCUT2D eigenvalue weighted by Gasteiger charge is 2.24. The molecule has 0 aliphatic rings. The fourth-order valence-electron chi connectivity index (χ4n) is 7.46. The summed E-state index contributed by atoms with van der Waals surface area (Å²) < 4.78 is 15.3. The van der Waals surface area contributed by atoms with Gasteiger partial charge in [-0.1, -0.05) is 81.4 Å². The third-order valence-corrected chi connectivity index (χ3v) is 9.72. The zero-order valence-electron chi connectivity index (χ0n) is 28.4. The van der Waals surface area contributed by atoms with E-state index < -0.39 is 0 Å². The van der Waals surface area contributed by atoms with Crippen LogP contribution in [0.5, 0.6) is 11.5 Å². The van der Waals surface area contributed by atoms with Crippen molar-refractivity contribution in [2.45, 2.75) is 26.2 Å². The van der Waals surface area contributed by atoms with E-state index in [4.69, 9.17) is 14.7 Å². The van der Waals surface area contributed by atoms with Crippen LogP contribution in [0.25, 0.3) is 67.1 Å². The minimum absolute atomic E-state index is 0.0560. The Labute approximate surface area is 293 Å². The van der Waals surface area contributed by atoms with E-state index in [1.165, 1.54) is 10.9 Å². The lowest BCUT2D eigenvalue weighted by atomic mass is 9.86. The minimum atomic E-state index is -0.0560. The van der Waals surface area contributed by atoms with Crippen LogP contribution < -0.4 is 4.74 Å². The number of pyridine rings is 1. The molecule has 8 heteroatoms. The Hall–Kier alpha value is -6.67. The van der Waals surface area contributed by atoms with Crippen LogP contribution in [0.1, 0.15) is 26.3 Å². The summed E-state index contributed by atoms with van der Waals surface area (Å²) >= 11 is 0. The van der Waals surface area contributed by atoms with Crippen LogP contribution in [-0.4, -0.2) is 33.1 Å². The molecule has 0 N–H and O–H groups in total.